The molecule has 31 heavy (non-hydrogen) atoms. The van der Waals surface area contributed by atoms with Gasteiger partial charge in [-0.25, -0.2) is 27.9 Å². The lowest BCUT2D eigenvalue weighted by Gasteiger charge is -2.34. The van der Waals surface area contributed by atoms with Gasteiger partial charge in [0.1, 0.15) is 12.1 Å². The molecule has 4 rings (SSSR count). The van der Waals surface area contributed by atoms with Crippen LogP contribution in [0.3, 0.4) is 0 Å². The summed E-state index contributed by atoms with van der Waals surface area (Å²) in [5, 5.41) is 2.50. The molecular formula is C21H27N5O4S. The first-order chi connectivity index (χ1) is 15.0. The molecule has 1 aromatic carbocycles. The molecule has 10 heteroatoms. The predicted octanol–water partition coefficient (Wildman–Crippen LogP) is 2.48. The number of piperidine rings is 1. The number of benzene rings is 1. The van der Waals surface area contributed by atoms with Gasteiger partial charge in [0, 0.05) is 36.1 Å². The number of aromatic nitrogens is 2. The van der Waals surface area contributed by atoms with Crippen LogP contribution >= 0.6 is 0 Å². The molecule has 0 saturated carbocycles. The zero-order valence-electron chi connectivity index (χ0n) is 17.5. The van der Waals surface area contributed by atoms with E-state index in [4.69, 9.17) is 0 Å². The molecule has 166 valence electrons. The summed E-state index contributed by atoms with van der Waals surface area (Å²) in [5.74, 6) is 1.01. The minimum Gasteiger partial charge on any atom is -0.453 e. The predicted molar refractivity (Wildman–Crippen MR) is 117 cm³/mol. The number of nitrogens with one attached hydrogen (secondary N) is 2. The third-order valence-corrected chi connectivity index (χ3v) is 7.35. The normalized spacial score (nSPS) is 17.1. The van der Waals surface area contributed by atoms with Gasteiger partial charge in [-0.1, -0.05) is 0 Å². The van der Waals surface area contributed by atoms with Crippen molar-refractivity contribution >= 4 is 27.6 Å². The number of rotatable bonds is 5. The van der Waals surface area contributed by atoms with Crippen molar-refractivity contribution in [1.29, 1.82) is 0 Å². The highest BCUT2D eigenvalue weighted by Gasteiger charge is 2.27. The molecule has 9 nitrogen and oxygen atoms in total. The molecular weight excluding hydrogens is 418 g/mol. The topological polar surface area (TPSA) is 114 Å². The van der Waals surface area contributed by atoms with Crippen molar-refractivity contribution in [2.75, 3.05) is 30.4 Å². The standard InChI is InChI=1S/C21H27N5O4S/c1-30-21(27)24-15-6-8-17(9-7-15)31(28,29)25-16-10-12-26(13-11-16)20-18-4-2-3-5-19(18)22-14-23-20/h6-9,14,16,25H,2-5,10-13H2,1H3,(H,24,27). The van der Waals surface area contributed by atoms with E-state index in [0.717, 1.165) is 43.9 Å². The third kappa shape index (κ3) is 4.96. The lowest BCUT2D eigenvalue weighted by Crippen LogP contribution is -2.45. The molecule has 0 bridgehead atoms. The van der Waals surface area contributed by atoms with Gasteiger partial charge in [-0.3, -0.25) is 5.32 Å². The first-order valence-corrected chi connectivity index (χ1v) is 12.0. The SMILES string of the molecule is COC(=O)Nc1ccc(S(=O)(=O)NC2CCN(c3ncnc4c3CCCC4)CC2)cc1. The van der Waals surface area contributed by atoms with Crippen molar-refractivity contribution in [2.45, 2.75) is 49.5 Å². The Morgan fingerprint density at radius 1 is 1.10 bits per heavy atom. The summed E-state index contributed by atoms with van der Waals surface area (Å²) in [7, 11) is -2.38. The van der Waals surface area contributed by atoms with Crippen LogP contribution in [0, 0.1) is 0 Å². The Bertz CT molecular complexity index is 1030. The van der Waals surface area contributed by atoms with Crippen LogP contribution in [0.1, 0.15) is 36.9 Å². The highest BCUT2D eigenvalue weighted by Crippen LogP contribution is 2.29. The summed E-state index contributed by atoms with van der Waals surface area (Å²) in [6, 6.07) is 5.87. The number of amides is 1. The molecule has 2 aromatic rings. The molecule has 1 aliphatic carbocycles. The zero-order chi connectivity index (χ0) is 21.8. The van der Waals surface area contributed by atoms with Crippen LogP contribution in [0.5, 0.6) is 0 Å². The van der Waals surface area contributed by atoms with E-state index in [0.29, 0.717) is 18.5 Å². The largest absolute Gasteiger partial charge is 0.453 e. The van der Waals surface area contributed by atoms with Gasteiger partial charge in [0.15, 0.2) is 0 Å². The summed E-state index contributed by atoms with van der Waals surface area (Å²) < 4.78 is 32.9. The quantitative estimate of drug-likeness (QED) is 0.727. The number of methoxy groups -OCH3 is 1. The maximum absolute atomic E-state index is 12.8. The molecule has 0 atom stereocenters. The number of hydrogen-bond acceptors (Lipinski definition) is 7. The van der Waals surface area contributed by atoms with Gasteiger partial charge in [-0.15, -0.1) is 0 Å². The molecule has 2 aliphatic rings. The smallest absolute Gasteiger partial charge is 0.411 e. The van der Waals surface area contributed by atoms with Gasteiger partial charge in [0.05, 0.1) is 12.0 Å². The van der Waals surface area contributed by atoms with Crippen molar-refractivity contribution in [3.63, 3.8) is 0 Å². The second-order valence-corrected chi connectivity index (χ2v) is 9.57. The summed E-state index contributed by atoms with van der Waals surface area (Å²) in [4.78, 5) is 22.6. The van der Waals surface area contributed by atoms with Crippen LogP contribution in [0.4, 0.5) is 16.3 Å². The fourth-order valence-corrected chi connectivity index (χ4v) is 5.46. The van der Waals surface area contributed by atoms with E-state index in [-0.39, 0.29) is 10.9 Å². The van der Waals surface area contributed by atoms with Gasteiger partial charge < -0.3 is 9.64 Å². The number of sulfonamides is 1. The number of carbonyl (C=O) groups excluding carboxylic acids is 1. The van der Waals surface area contributed by atoms with Gasteiger partial charge >= 0.3 is 6.09 Å². The average molecular weight is 446 g/mol. The summed E-state index contributed by atoms with van der Waals surface area (Å²) in [6.07, 6.45) is 6.82. The van der Waals surface area contributed by atoms with E-state index < -0.39 is 16.1 Å². The van der Waals surface area contributed by atoms with E-state index >= 15 is 0 Å². The molecule has 2 heterocycles. The third-order valence-electron chi connectivity index (χ3n) is 5.81. The van der Waals surface area contributed by atoms with Crippen LogP contribution in [0.25, 0.3) is 0 Å². The highest BCUT2D eigenvalue weighted by molar-refractivity contribution is 7.89. The monoisotopic (exact) mass is 445 g/mol. The summed E-state index contributed by atoms with van der Waals surface area (Å²) in [6.45, 7) is 1.50. The summed E-state index contributed by atoms with van der Waals surface area (Å²) in [5.41, 5.74) is 2.88. The maximum Gasteiger partial charge on any atom is 0.411 e. The minimum absolute atomic E-state index is 0.133. The minimum atomic E-state index is -3.65. The number of ether oxygens (including phenoxy) is 1. The Hall–Kier alpha value is -2.72. The van der Waals surface area contributed by atoms with Gasteiger partial charge in [-0.05, 0) is 62.8 Å². The Labute approximate surface area is 182 Å². The lowest BCUT2D eigenvalue weighted by atomic mass is 9.95. The van der Waals surface area contributed by atoms with Crippen molar-refractivity contribution in [1.82, 2.24) is 14.7 Å². The molecule has 1 aromatic heterocycles. The van der Waals surface area contributed by atoms with Crippen molar-refractivity contribution in [3.8, 4) is 0 Å². The average Bonchev–Trinajstić information content (AvgIpc) is 2.79. The van der Waals surface area contributed by atoms with Crippen LogP contribution in [0.2, 0.25) is 0 Å². The van der Waals surface area contributed by atoms with Crippen LogP contribution < -0.4 is 14.9 Å². The molecule has 1 aliphatic heterocycles. The number of hydrogen-bond donors (Lipinski definition) is 2. The van der Waals surface area contributed by atoms with Gasteiger partial charge in [0.2, 0.25) is 10.0 Å². The number of carbonyl (C=O) groups is 1. The van der Waals surface area contributed by atoms with E-state index in [1.54, 1.807) is 6.33 Å². The molecule has 1 amide bonds. The zero-order valence-corrected chi connectivity index (χ0v) is 18.3. The molecule has 1 saturated heterocycles. The Morgan fingerprint density at radius 2 is 1.81 bits per heavy atom. The Balaban J connectivity index is 1.37. The second kappa shape index (κ2) is 9.19. The van der Waals surface area contributed by atoms with Crippen LogP contribution in [0.15, 0.2) is 35.5 Å². The van der Waals surface area contributed by atoms with Crippen LogP contribution in [-0.2, 0) is 27.6 Å². The number of anilines is 2. The number of aryl methyl sites for hydroxylation is 1. The van der Waals surface area contributed by atoms with Crippen molar-refractivity contribution in [3.05, 3.63) is 41.9 Å². The highest BCUT2D eigenvalue weighted by atomic mass is 32.2. The second-order valence-electron chi connectivity index (χ2n) is 7.85. The molecule has 1 fully saturated rings. The lowest BCUT2D eigenvalue weighted by molar-refractivity contribution is 0.187. The Kier molecular flexibility index (Phi) is 6.38. The van der Waals surface area contributed by atoms with E-state index in [1.807, 2.05) is 0 Å². The number of fused-ring (bicyclic) bond motifs is 1. The van der Waals surface area contributed by atoms with Gasteiger partial charge in [0.25, 0.3) is 0 Å². The summed E-state index contributed by atoms with van der Waals surface area (Å²) >= 11 is 0. The van der Waals surface area contributed by atoms with E-state index in [9.17, 15) is 13.2 Å². The molecule has 0 unspecified atom stereocenters. The van der Waals surface area contributed by atoms with E-state index in [2.05, 4.69) is 29.6 Å². The van der Waals surface area contributed by atoms with Crippen molar-refractivity contribution < 1.29 is 17.9 Å². The van der Waals surface area contributed by atoms with Crippen molar-refractivity contribution in [2.24, 2.45) is 0 Å². The van der Waals surface area contributed by atoms with E-state index in [1.165, 1.54) is 43.4 Å². The maximum atomic E-state index is 12.8. The first kappa shape index (κ1) is 21.5. The van der Waals surface area contributed by atoms with Gasteiger partial charge in [-0.2, -0.15) is 0 Å². The molecule has 0 spiro atoms. The molecule has 0 radical (unpaired) electrons. The fraction of sp³-hybridized carbons (Fsp3) is 0.476. The fourth-order valence-electron chi connectivity index (χ4n) is 4.16. The molecule has 2 N–H and O–H groups in total. The van der Waals surface area contributed by atoms with Crippen LogP contribution in [-0.4, -0.2) is 50.7 Å². The first-order valence-electron chi connectivity index (χ1n) is 10.5. The Morgan fingerprint density at radius 3 is 2.52 bits per heavy atom. The number of nitrogens with zero attached hydrogens (tertiary/aromatic N) is 3.